The number of hydrogen-bond donors (Lipinski definition) is 6. The molecule has 15 nitrogen and oxygen atoms in total. The van der Waals surface area contributed by atoms with Gasteiger partial charge < -0.3 is 33.9 Å². The minimum Gasteiger partial charge on any atom is -0.387 e. The van der Waals surface area contributed by atoms with Gasteiger partial charge in [-0.25, -0.2) is 22.6 Å². The van der Waals surface area contributed by atoms with E-state index >= 15 is 0 Å². The number of nitrogens with zero attached hydrogens (tertiary/aromatic N) is 1. The number of phosphoric acid groups is 2. The van der Waals surface area contributed by atoms with Crippen molar-refractivity contribution in [2.75, 3.05) is 6.61 Å². The summed E-state index contributed by atoms with van der Waals surface area (Å²) in [5.41, 5.74) is -4.42. The monoisotopic (exact) mass is 516 g/mol. The number of aliphatic hydroxyl groups is 1. The van der Waals surface area contributed by atoms with Gasteiger partial charge in [0.15, 0.2) is 11.9 Å². The van der Waals surface area contributed by atoms with Gasteiger partial charge in [0, 0.05) is 12.3 Å². The third-order valence-corrected chi connectivity index (χ3v) is 8.36. The molecule has 0 aliphatic carbocycles. The molecule has 1 aromatic rings. The predicted octanol–water partition coefficient (Wildman–Crippen LogP) is -1.02. The summed E-state index contributed by atoms with van der Waals surface area (Å²) in [4.78, 5) is 60.8. The van der Waals surface area contributed by atoms with Crippen LogP contribution in [0.3, 0.4) is 0 Å². The van der Waals surface area contributed by atoms with Crippen molar-refractivity contribution in [1.29, 1.82) is 0 Å². The first kappa shape index (κ1) is 25.6. The lowest BCUT2D eigenvalue weighted by Crippen LogP contribution is -2.43. The van der Waals surface area contributed by atoms with Crippen molar-refractivity contribution in [3.8, 4) is 0 Å². The zero-order valence-corrected chi connectivity index (χ0v) is 18.2. The maximum Gasteiger partial charge on any atom is 0.488 e. The molecule has 0 saturated carbocycles. The SMILES string of the molecule is C[C@@]1(F)[C@H](O)C(COP(O)(=S)OP(=O)(O)OP(=O)(O)O)O[C@H]1n1ccc(=O)[nH]c1=O. The molecule has 172 valence electrons. The lowest BCUT2D eigenvalue weighted by Gasteiger charge is -2.24. The van der Waals surface area contributed by atoms with E-state index in [0.717, 1.165) is 19.2 Å². The first-order valence-corrected chi connectivity index (χ1v) is 13.2. The smallest absolute Gasteiger partial charge is 0.387 e. The molecule has 20 heteroatoms. The molecule has 0 bridgehead atoms. The van der Waals surface area contributed by atoms with Crippen molar-refractivity contribution >= 4 is 34.2 Å². The highest BCUT2D eigenvalue weighted by molar-refractivity contribution is 8.08. The van der Waals surface area contributed by atoms with E-state index in [1.54, 1.807) is 0 Å². The Balaban J connectivity index is 2.13. The van der Waals surface area contributed by atoms with Crippen LogP contribution in [0.4, 0.5) is 4.39 Å². The van der Waals surface area contributed by atoms with E-state index in [-0.39, 0.29) is 0 Å². The molecule has 3 unspecified atom stereocenters. The average molecular weight is 516 g/mol. The number of ether oxygens (including phenoxy) is 1. The summed E-state index contributed by atoms with van der Waals surface area (Å²) in [6.07, 6.45) is -4.39. The van der Waals surface area contributed by atoms with E-state index < -0.39 is 64.3 Å². The van der Waals surface area contributed by atoms with Crippen LogP contribution in [0.5, 0.6) is 0 Å². The summed E-state index contributed by atoms with van der Waals surface area (Å²) in [6, 6.07) is 0.901. The van der Waals surface area contributed by atoms with Gasteiger partial charge in [0.05, 0.1) is 6.61 Å². The third-order valence-electron chi connectivity index (χ3n) is 3.64. The molecule has 2 rings (SSSR count). The molecule has 1 aromatic heterocycles. The first-order chi connectivity index (χ1) is 13.4. The van der Waals surface area contributed by atoms with Gasteiger partial charge in [0.1, 0.15) is 12.2 Å². The molecule has 1 saturated heterocycles. The van der Waals surface area contributed by atoms with Crippen LogP contribution in [-0.2, 0) is 38.8 Å². The number of aromatic amines is 1. The van der Waals surface area contributed by atoms with E-state index in [1.807, 2.05) is 4.98 Å². The molecular formula is C10H16FN2O13P3S. The van der Waals surface area contributed by atoms with Gasteiger partial charge in [-0.05, 0) is 18.7 Å². The normalized spacial score (nSPS) is 31.2. The van der Waals surface area contributed by atoms with Gasteiger partial charge in [0.25, 0.3) is 5.56 Å². The van der Waals surface area contributed by atoms with Crippen LogP contribution in [0, 0.1) is 0 Å². The summed E-state index contributed by atoms with van der Waals surface area (Å²) in [5, 5.41) is 10.1. The summed E-state index contributed by atoms with van der Waals surface area (Å²) < 4.78 is 55.0. The Morgan fingerprint density at radius 1 is 1.30 bits per heavy atom. The van der Waals surface area contributed by atoms with Crippen LogP contribution in [0.15, 0.2) is 21.9 Å². The van der Waals surface area contributed by atoms with E-state index in [2.05, 4.69) is 25.0 Å². The molecule has 1 fully saturated rings. The third kappa shape index (κ3) is 6.43. The maximum atomic E-state index is 15.0. The molecule has 0 spiro atoms. The Bertz CT molecular complexity index is 1050. The minimum atomic E-state index is -5.56. The number of H-pyrrole nitrogens is 1. The largest absolute Gasteiger partial charge is 0.488 e. The Labute approximate surface area is 171 Å². The predicted molar refractivity (Wildman–Crippen MR) is 97.2 cm³/mol. The molecule has 1 aliphatic rings. The van der Waals surface area contributed by atoms with Crippen LogP contribution in [-0.4, -0.2) is 58.7 Å². The van der Waals surface area contributed by atoms with Crippen molar-refractivity contribution in [1.82, 2.24) is 9.55 Å². The standard InChI is InChI=1S/C10H16FN2O13P3S/c1-10(11)7(15)5(24-8(10)13-3-2-6(14)12-9(13)16)4-23-29(22,30)26-28(20,21)25-27(17,18)19/h2-3,5,7-8,15H,4H2,1H3,(H,20,21)(H,22,30)(H,12,14,16)(H2,17,18,19)/t5?,7-,8-,10-,29?/m1/s1. The van der Waals surface area contributed by atoms with E-state index in [1.165, 1.54) is 0 Å². The van der Waals surface area contributed by atoms with Crippen LogP contribution in [0.25, 0.3) is 0 Å². The highest BCUT2D eigenvalue weighted by Crippen LogP contribution is 2.66. The summed E-state index contributed by atoms with van der Waals surface area (Å²) in [5.74, 6) is 0. The first-order valence-electron chi connectivity index (χ1n) is 7.56. The number of rotatable bonds is 8. The fourth-order valence-electron chi connectivity index (χ4n) is 2.43. The Morgan fingerprint density at radius 2 is 1.90 bits per heavy atom. The number of hydrogen-bond acceptors (Lipinski definition) is 10. The maximum absolute atomic E-state index is 15.0. The van der Waals surface area contributed by atoms with Gasteiger partial charge in [-0.1, -0.05) is 0 Å². The van der Waals surface area contributed by atoms with Crippen LogP contribution < -0.4 is 11.2 Å². The molecule has 0 amide bonds. The van der Waals surface area contributed by atoms with Crippen molar-refractivity contribution in [3.05, 3.63) is 33.1 Å². The fourth-order valence-corrected chi connectivity index (χ4v) is 6.40. The summed E-state index contributed by atoms with van der Waals surface area (Å²) in [6.45, 7) is -4.76. The summed E-state index contributed by atoms with van der Waals surface area (Å²) >= 11 is 4.40. The van der Waals surface area contributed by atoms with E-state index in [0.29, 0.717) is 4.57 Å². The minimum absolute atomic E-state index is 0.645. The molecule has 0 radical (unpaired) electrons. The lowest BCUT2D eigenvalue weighted by molar-refractivity contribution is -0.0593. The molecular weight excluding hydrogens is 500 g/mol. The van der Waals surface area contributed by atoms with Gasteiger partial charge in [0.2, 0.25) is 0 Å². The molecule has 1 aliphatic heterocycles. The quantitative estimate of drug-likeness (QED) is 0.228. The van der Waals surface area contributed by atoms with Gasteiger partial charge >= 0.3 is 28.1 Å². The van der Waals surface area contributed by atoms with E-state index in [9.17, 15) is 38.0 Å². The van der Waals surface area contributed by atoms with Crippen LogP contribution in [0.1, 0.15) is 13.2 Å². The zero-order chi connectivity index (χ0) is 23.1. The highest BCUT2D eigenvalue weighted by Gasteiger charge is 2.55. The van der Waals surface area contributed by atoms with Gasteiger partial charge in [-0.2, -0.15) is 4.31 Å². The van der Waals surface area contributed by atoms with Crippen LogP contribution >= 0.6 is 22.4 Å². The molecule has 30 heavy (non-hydrogen) atoms. The van der Waals surface area contributed by atoms with Gasteiger partial charge in [-0.15, -0.1) is 0 Å². The number of alkyl halides is 1. The Kier molecular flexibility index (Phi) is 7.44. The average Bonchev–Trinajstić information content (AvgIpc) is 2.73. The highest BCUT2D eigenvalue weighted by atomic mass is 32.5. The lowest BCUT2D eigenvalue weighted by atomic mass is 9.98. The molecule has 6 atom stereocenters. The topological polar surface area (TPSA) is 227 Å². The number of aliphatic hydroxyl groups excluding tert-OH is 1. The molecule has 6 N–H and O–H groups in total. The second-order valence-corrected chi connectivity index (χ2v) is 11.8. The second kappa shape index (κ2) is 8.71. The van der Waals surface area contributed by atoms with E-state index in [4.69, 9.17) is 14.5 Å². The van der Waals surface area contributed by atoms with Crippen molar-refractivity contribution in [3.63, 3.8) is 0 Å². The Hall–Kier alpha value is -0.640. The number of halogens is 1. The Morgan fingerprint density at radius 3 is 2.43 bits per heavy atom. The fraction of sp³-hybridized carbons (Fsp3) is 0.600. The van der Waals surface area contributed by atoms with Crippen molar-refractivity contribution in [2.24, 2.45) is 0 Å². The number of nitrogens with one attached hydrogen (secondary N) is 1. The second-order valence-electron chi connectivity index (χ2n) is 6.03. The molecule has 0 aromatic carbocycles. The van der Waals surface area contributed by atoms with Crippen molar-refractivity contribution in [2.45, 2.75) is 31.0 Å². The zero-order valence-electron chi connectivity index (χ0n) is 14.7. The number of aromatic nitrogens is 2. The molecule has 2 heterocycles. The van der Waals surface area contributed by atoms with Crippen LogP contribution in [0.2, 0.25) is 0 Å². The van der Waals surface area contributed by atoms with Gasteiger partial charge in [-0.3, -0.25) is 14.3 Å². The van der Waals surface area contributed by atoms with Crippen molar-refractivity contribution < 1.29 is 56.1 Å². The summed E-state index contributed by atoms with van der Waals surface area (Å²) in [7, 11) is -11.1.